The molecule has 0 amide bonds. The lowest BCUT2D eigenvalue weighted by molar-refractivity contribution is 0.416. The van der Waals surface area contributed by atoms with Gasteiger partial charge in [-0.1, -0.05) is 48.5 Å². The van der Waals surface area contributed by atoms with Gasteiger partial charge in [-0.2, -0.15) is 0 Å². The summed E-state index contributed by atoms with van der Waals surface area (Å²) < 4.78 is 5.29. The fraction of sp³-hybridized carbons (Fsp3) is 0.0625. The van der Waals surface area contributed by atoms with Crippen molar-refractivity contribution in [3.8, 4) is 28.0 Å². The third-order valence-electron chi connectivity index (χ3n) is 3.08. The van der Waals surface area contributed by atoms with Gasteiger partial charge in [-0.15, -0.1) is 0 Å². The van der Waals surface area contributed by atoms with Crippen molar-refractivity contribution in [3.05, 3.63) is 64.8 Å². The second-order valence-corrected chi connectivity index (χ2v) is 4.15. The van der Waals surface area contributed by atoms with Crippen LogP contribution >= 0.6 is 0 Å². The number of para-hydroxylation sites is 1. The Bertz CT molecular complexity index is 689. The molecule has 3 aromatic carbocycles. The standard InChI is InChI=1S/C16H12O2/c1-18-13-10-6-5-9-12(13)15-14(16(15)17)11-7-3-2-4-8-11/h2-10H,1H3. The van der Waals surface area contributed by atoms with Crippen LogP contribution in [0.3, 0.4) is 0 Å². The molecule has 0 saturated carbocycles. The van der Waals surface area contributed by atoms with E-state index in [0.29, 0.717) is 0 Å². The van der Waals surface area contributed by atoms with Crippen molar-refractivity contribution in [2.24, 2.45) is 0 Å². The molecule has 0 spiro atoms. The maximum absolute atomic E-state index is 12.0. The number of hydrogen-bond donors (Lipinski definition) is 0. The minimum absolute atomic E-state index is 0.116. The fourth-order valence-corrected chi connectivity index (χ4v) is 2.16. The number of benzene rings is 2. The summed E-state index contributed by atoms with van der Waals surface area (Å²) in [6.07, 6.45) is 0. The maximum atomic E-state index is 12.0. The van der Waals surface area contributed by atoms with E-state index in [2.05, 4.69) is 0 Å². The molecule has 18 heavy (non-hydrogen) atoms. The third-order valence-corrected chi connectivity index (χ3v) is 3.08. The highest BCUT2D eigenvalue weighted by molar-refractivity contribution is 5.95. The molecule has 3 aromatic rings. The highest BCUT2D eigenvalue weighted by Gasteiger charge is 2.26. The molecule has 3 rings (SSSR count). The quantitative estimate of drug-likeness (QED) is 0.697. The summed E-state index contributed by atoms with van der Waals surface area (Å²) in [5.74, 6) is 0.742. The smallest absolute Gasteiger partial charge is 0.195 e. The van der Waals surface area contributed by atoms with Gasteiger partial charge in [0.15, 0.2) is 5.43 Å². The van der Waals surface area contributed by atoms with Crippen LogP contribution in [0.25, 0.3) is 22.3 Å². The summed E-state index contributed by atoms with van der Waals surface area (Å²) in [6, 6.07) is 17.3. The first-order valence-corrected chi connectivity index (χ1v) is 5.80. The molecule has 0 saturated heterocycles. The summed E-state index contributed by atoms with van der Waals surface area (Å²) in [4.78, 5) is 12.0. The molecule has 2 heteroatoms. The van der Waals surface area contributed by atoms with Crippen LogP contribution in [0.15, 0.2) is 59.4 Å². The average molecular weight is 236 g/mol. The van der Waals surface area contributed by atoms with Crippen LogP contribution in [-0.4, -0.2) is 7.11 Å². The molecular weight excluding hydrogens is 224 g/mol. The molecule has 0 fully saturated rings. The lowest BCUT2D eigenvalue weighted by atomic mass is 10.1. The highest BCUT2D eigenvalue weighted by Crippen LogP contribution is 2.38. The summed E-state index contributed by atoms with van der Waals surface area (Å²) in [7, 11) is 1.62. The molecule has 0 N–H and O–H groups in total. The molecule has 0 aromatic heterocycles. The van der Waals surface area contributed by atoms with E-state index in [1.54, 1.807) is 7.11 Å². The largest absolute Gasteiger partial charge is 0.496 e. The van der Waals surface area contributed by atoms with E-state index in [1.165, 1.54) is 0 Å². The highest BCUT2D eigenvalue weighted by atomic mass is 16.5. The van der Waals surface area contributed by atoms with Crippen molar-refractivity contribution in [2.75, 3.05) is 7.11 Å². The Kier molecular flexibility index (Phi) is 2.49. The molecule has 0 bridgehead atoms. The predicted molar refractivity (Wildman–Crippen MR) is 72.5 cm³/mol. The second kappa shape index (κ2) is 4.15. The number of ether oxygens (including phenoxy) is 1. The Morgan fingerprint density at radius 3 is 2.22 bits per heavy atom. The van der Waals surface area contributed by atoms with Crippen molar-refractivity contribution in [2.45, 2.75) is 0 Å². The monoisotopic (exact) mass is 236 g/mol. The van der Waals surface area contributed by atoms with Crippen LogP contribution in [-0.2, 0) is 0 Å². The molecule has 0 aliphatic rings. The Balaban J connectivity index is 2.09. The Labute approximate surface area is 105 Å². The molecule has 0 radical (unpaired) electrons. The minimum Gasteiger partial charge on any atom is -0.496 e. The molecule has 0 unspecified atom stereocenters. The topological polar surface area (TPSA) is 26.3 Å². The van der Waals surface area contributed by atoms with Crippen LogP contribution in [0.4, 0.5) is 0 Å². The first kappa shape index (κ1) is 10.8. The van der Waals surface area contributed by atoms with Crippen molar-refractivity contribution in [1.82, 2.24) is 0 Å². The number of hydrogen-bond acceptors (Lipinski definition) is 2. The van der Waals surface area contributed by atoms with Crippen molar-refractivity contribution < 1.29 is 4.74 Å². The van der Waals surface area contributed by atoms with Gasteiger partial charge in [-0.05, 0) is 11.6 Å². The fourth-order valence-electron chi connectivity index (χ4n) is 2.16. The SMILES string of the molecule is COc1ccccc1-c1c(-c2ccccc2)c1=O. The molecule has 88 valence electrons. The second-order valence-electron chi connectivity index (χ2n) is 4.15. The van der Waals surface area contributed by atoms with E-state index in [1.807, 2.05) is 54.6 Å². The van der Waals surface area contributed by atoms with E-state index < -0.39 is 0 Å². The van der Waals surface area contributed by atoms with Gasteiger partial charge >= 0.3 is 0 Å². The normalized spacial score (nSPS) is 10.7. The average Bonchev–Trinajstić information content (AvgIpc) is 3.11. The van der Waals surface area contributed by atoms with E-state index >= 15 is 0 Å². The summed E-state index contributed by atoms with van der Waals surface area (Å²) >= 11 is 0. The molecule has 0 heterocycles. The zero-order valence-electron chi connectivity index (χ0n) is 10.0. The summed E-state index contributed by atoms with van der Waals surface area (Å²) in [6.45, 7) is 0. The van der Waals surface area contributed by atoms with E-state index in [0.717, 1.165) is 28.0 Å². The van der Waals surface area contributed by atoms with E-state index in [9.17, 15) is 4.79 Å². The van der Waals surface area contributed by atoms with Gasteiger partial charge in [0.1, 0.15) is 5.75 Å². The van der Waals surface area contributed by atoms with E-state index in [-0.39, 0.29) is 5.43 Å². The minimum atomic E-state index is 0.116. The molecule has 2 nitrogen and oxygen atoms in total. The van der Waals surface area contributed by atoms with Crippen LogP contribution in [0.2, 0.25) is 0 Å². The van der Waals surface area contributed by atoms with Crippen molar-refractivity contribution in [3.63, 3.8) is 0 Å². The van der Waals surface area contributed by atoms with Gasteiger partial charge in [-0.25, -0.2) is 0 Å². The lowest BCUT2D eigenvalue weighted by Crippen LogP contribution is -1.86. The third kappa shape index (κ3) is 1.63. The summed E-state index contributed by atoms with van der Waals surface area (Å²) in [5, 5.41) is 0. The zero-order valence-corrected chi connectivity index (χ0v) is 10.0. The number of rotatable bonds is 3. The van der Waals surface area contributed by atoms with Gasteiger partial charge in [0.05, 0.1) is 7.11 Å². The van der Waals surface area contributed by atoms with E-state index in [4.69, 9.17) is 4.74 Å². The first-order chi connectivity index (χ1) is 8.83. The van der Waals surface area contributed by atoms with Crippen LogP contribution in [0.5, 0.6) is 5.75 Å². The number of methoxy groups -OCH3 is 1. The molecule has 0 atom stereocenters. The van der Waals surface area contributed by atoms with Crippen molar-refractivity contribution in [1.29, 1.82) is 0 Å². The van der Waals surface area contributed by atoms with Gasteiger partial charge in [0.25, 0.3) is 0 Å². The lowest BCUT2D eigenvalue weighted by Gasteiger charge is -2.03. The predicted octanol–water partition coefficient (Wildman–Crippen LogP) is 3.27. The molecule has 0 aliphatic carbocycles. The van der Waals surface area contributed by atoms with Crippen LogP contribution in [0, 0.1) is 0 Å². The van der Waals surface area contributed by atoms with Gasteiger partial charge < -0.3 is 4.74 Å². The van der Waals surface area contributed by atoms with Gasteiger partial charge in [0.2, 0.25) is 0 Å². The first-order valence-electron chi connectivity index (χ1n) is 5.80. The molecular formula is C16H12O2. The Hall–Kier alpha value is -2.35. The maximum Gasteiger partial charge on any atom is 0.195 e. The van der Waals surface area contributed by atoms with Gasteiger partial charge in [-0.3, -0.25) is 4.79 Å². The van der Waals surface area contributed by atoms with Gasteiger partial charge in [0, 0.05) is 16.7 Å². The molecule has 0 aliphatic heterocycles. The Morgan fingerprint density at radius 1 is 0.833 bits per heavy atom. The van der Waals surface area contributed by atoms with Crippen LogP contribution in [0.1, 0.15) is 0 Å². The van der Waals surface area contributed by atoms with Crippen LogP contribution < -0.4 is 10.2 Å². The zero-order chi connectivity index (χ0) is 12.5. The van der Waals surface area contributed by atoms with Crippen molar-refractivity contribution >= 4 is 0 Å². The Morgan fingerprint density at radius 2 is 1.50 bits per heavy atom. The summed E-state index contributed by atoms with van der Waals surface area (Å²) in [5.41, 5.74) is 3.55.